The van der Waals surface area contributed by atoms with Crippen molar-refractivity contribution in [1.82, 2.24) is 0 Å². The van der Waals surface area contributed by atoms with Gasteiger partial charge in [0.15, 0.2) is 0 Å². The number of carbonyl (C=O) groups is 1. The van der Waals surface area contributed by atoms with Gasteiger partial charge < -0.3 is 4.65 Å². The summed E-state index contributed by atoms with van der Waals surface area (Å²) in [6.45, 7) is 1.43. The van der Waals surface area contributed by atoms with Crippen LogP contribution in [-0.4, -0.2) is 21.0 Å². The van der Waals surface area contributed by atoms with Crippen LogP contribution in [0.2, 0.25) is 6.82 Å². The van der Waals surface area contributed by atoms with E-state index in [4.69, 9.17) is 7.74 Å². The summed E-state index contributed by atoms with van der Waals surface area (Å²) in [4.78, 5) is 9.31. The molecule has 0 aromatic heterocycles. The lowest BCUT2D eigenvalue weighted by molar-refractivity contribution is -0.120. The Morgan fingerprint density at radius 2 is 2.50 bits per heavy atom. The van der Waals surface area contributed by atoms with E-state index in [2.05, 4.69) is 4.65 Å². The number of hydrogen-bond acceptors (Lipinski definition) is 2. The Balaban J connectivity index is 2.81. The SMILES string of the molecule is [B]B(C)OC=O. The summed E-state index contributed by atoms with van der Waals surface area (Å²) in [6.07, 6.45) is 0. The summed E-state index contributed by atoms with van der Waals surface area (Å²) < 4.78 is 4.14. The molecule has 2 nitrogen and oxygen atoms in total. The van der Waals surface area contributed by atoms with Crippen molar-refractivity contribution < 1.29 is 9.45 Å². The third-order valence-electron chi connectivity index (χ3n) is 0.270. The van der Waals surface area contributed by atoms with Crippen LogP contribution in [0.25, 0.3) is 0 Å². The van der Waals surface area contributed by atoms with Crippen LogP contribution in [0, 0.1) is 0 Å². The molecule has 0 rings (SSSR count). The first-order chi connectivity index (χ1) is 2.77. The highest BCUT2D eigenvalue weighted by molar-refractivity contribution is 6.99. The molecule has 0 saturated heterocycles. The van der Waals surface area contributed by atoms with Gasteiger partial charge in [0.1, 0.15) is 0 Å². The van der Waals surface area contributed by atoms with Crippen LogP contribution in [-0.2, 0) is 9.45 Å². The Labute approximate surface area is 38.4 Å². The molecule has 0 fully saturated rings. The third-order valence-corrected chi connectivity index (χ3v) is 0.270. The molecule has 0 spiro atoms. The topological polar surface area (TPSA) is 26.3 Å². The predicted molar refractivity (Wildman–Crippen MR) is 24.5 cm³/mol. The monoisotopic (exact) mass is 82.0 g/mol. The summed E-state index contributed by atoms with van der Waals surface area (Å²) in [6, 6.07) is 0. The van der Waals surface area contributed by atoms with Gasteiger partial charge >= 0.3 is 0 Å². The van der Waals surface area contributed by atoms with Gasteiger partial charge in [-0.25, -0.2) is 0 Å². The maximum absolute atomic E-state index is 9.31. The summed E-state index contributed by atoms with van der Waals surface area (Å²) in [5.41, 5.74) is 0. The van der Waals surface area contributed by atoms with E-state index in [0.717, 1.165) is 0 Å². The Bertz CT molecular complexity index is 44.8. The van der Waals surface area contributed by atoms with E-state index < -0.39 is 6.81 Å². The second-order valence-corrected chi connectivity index (χ2v) is 0.937. The van der Waals surface area contributed by atoms with Crippen LogP contribution in [0.3, 0.4) is 0 Å². The number of rotatable bonds is 2. The number of carbonyl (C=O) groups excluding carboxylic acids is 1. The molecule has 4 heteroatoms. The van der Waals surface area contributed by atoms with Crippen LogP contribution >= 0.6 is 0 Å². The van der Waals surface area contributed by atoms with E-state index in [9.17, 15) is 4.79 Å². The van der Waals surface area contributed by atoms with Gasteiger partial charge in [0, 0.05) is 0 Å². The summed E-state index contributed by atoms with van der Waals surface area (Å²) in [7, 11) is 4.95. The zero-order valence-electron chi connectivity index (χ0n) is 3.55. The summed E-state index contributed by atoms with van der Waals surface area (Å²) >= 11 is 0. The standard InChI is InChI=1S/C2H4B2O2/c1-4(3)6-2-5/h2H,1H3. The highest BCUT2D eigenvalue weighted by Gasteiger charge is 1.92. The molecular weight excluding hydrogens is 77.6 g/mol. The molecule has 0 heterocycles. The van der Waals surface area contributed by atoms with Gasteiger partial charge in [0.25, 0.3) is 13.3 Å². The van der Waals surface area contributed by atoms with Crippen molar-refractivity contribution in [3.63, 3.8) is 0 Å². The fourth-order valence-electron chi connectivity index (χ4n) is 0.0876. The maximum atomic E-state index is 9.31. The molecule has 0 N–H and O–H groups in total. The Morgan fingerprint density at radius 3 is 2.50 bits per heavy atom. The normalized spacial score (nSPS) is 6.83. The molecule has 0 aliphatic rings. The van der Waals surface area contributed by atoms with E-state index >= 15 is 0 Å². The first-order valence-electron chi connectivity index (χ1n) is 1.62. The molecule has 0 atom stereocenters. The van der Waals surface area contributed by atoms with Gasteiger partial charge in [-0.1, -0.05) is 6.82 Å². The van der Waals surface area contributed by atoms with Crippen molar-refractivity contribution >= 4 is 21.0 Å². The highest BCUT2D eigenvalue weighted by Crippen LogP contribution is 1.67. The van der Waals surface area contributed by atoms with Crippen LogP contribution in [0.4, 0.5) is 0 Å². The lowest BCUT2D eigenvalue weighted by Gasteiger charge is -1.92. The van der Waals surface area contributed by atoms with Crippen LogP contribution in [0.15, 0.2) is 0 Å². The van der Waals surface area contributed by atoms with Gasteiger partial charge in [-0.05, 0) is 0 Å². The number of hydrogen-bond donors (Lipinski definition) is 0. The molecule has 0 bridgehead atoms. The van der Waals surface area contributed by atoms with E-state index in [1.54, 1.807) is 6.82 Å². The minimum absolute atomic E-state index is 0.324. The fourth-order valence-corrected chi connectivity index (χ4v) is 0.0876. The van der Waals surface area contributed by atoms with Crippen LogP contribution in [0.1, 0.15) is 0 Å². The largest absolute Gasteiger partial charge is 0.548 e. The smallest absolute Gasteiger partial charge is 0.298 e. The molecule has 0 saturated carbocycles. The predicted octanol–water partition coefficient (Wildman–Crippen LogP) is -0.554. The highest BCUT2D eigenvalue weighted by atomic mass is 16.5. The minimum atomic E-state index is -0.470. The minimum Gasteiger partial charge on any atom is -0.548 e. The average Bonchev–Trinajstić information content (AvgIpc) is 1.35. The van der Waals surface area contributed by atoms with E-state index in [-0.39, 0.29) is 0 Å². The molecule has 0 aromatic rings. The molecule has 6 heavy (non-hydrogen) atoms. The Morgan fingerprint density at radius 1 is 2.00 bits per heavy atom. The van der Waals surface area contributed by atoms with Crippen molar-refractivity contribution in [2.24, 2.45) is 0 Å². The Kier molecular flexibility index (Phi) is 2.63. The van der Waals surface area contributed by atoms with Gasteiger partial charge in [0.2, 0.25) is 0 Å². The fraction of sp³-hybridized carbons (Fsp3) is 0.500. The third kappa shape index (κ3) is 3.60. The second kappa shape index (κ2) is 2.82. The summed E-state index contributed by atoms with van der Waals surface area (Å²) in [5.74, 6) is 0. The van der Waals surface area contributed by atoms with Gasteiger partial charge in [-0.2, -0.15) is 0 Å². The van der Waals surface area contributed by atoms with E-state index in [1.165, 1.54) is 0 Å². The van der Waals surface area contributed by atoms with E-state index in [1.807, 2.05) is 0 Å². The molecule has 30 valence electrons. The quantitative estimate of drug-likeness (QED) is 0.329. The zero-order valence-corrected chi connectivity index (χ0v) is 3.55. The Hall–Kier alpha value is -0.400. The molecular formula is C2H4B2O2. The van der Waals surface area contributed by atoms with Crippen molar-refractivity contribution in [2.45, 2.75) is 6.82 Å². The molecule has 2 radical (unpaired) electrons. The summed E-state index contributed by atoms with van der Waals surface area (Å²) in [5, 5.41) is 0. The van der Waals surface area contributed by atoms with Crippen LogP contribution < -0.4 is 0 Å². The van der Waals surface area contributed by atoms with Crippen molar-refractivity contribution in [1.29, 1.82) is 0 Å². The second-order valence-electron chi connectivity index (χ2n) is 0.937. The van der Waals surface area contributed by atoms with Gasteiger partial charge in [-0.15, -0.1) is 0 Å². The average molecular weight is 81.7 g/mol. The first kappa shape index (κ1) is 5.60. The molecule has 0 unspecified atom stereocenters. The van der Waals surface area contributed by atoms with Crippen molar-refractivity contribution in [3.8, 4) is 0 Å². The molecule has 0 aromatic carbocycles. The maximum Gasteiger partial charge on any atom is 0.298 e. The lowest BCUT2D eigenvalue weighted by atomic mass is 9.49. The zero-order chi connectivity index (χ0) is 4.99. The molecule has 0 aliphatic heterocycles. The van der Waals surface area contributed by atoms with Gasteiger partial charge in [0.05, 0.1) is 7.74 Å². The first-order valence-corrected chi connectivity index (χ1v) is 1.62. The molecule has 0 aliphatic carbocycles. The lowest BCUT2D eigenvalue weighted by Crippen LogP contribution is -2.10. The van der Waals surface area contributed by atoms with Gasteiger partial charge in [-0.3, -0.25) is 4.79 Å². The van der Waals surface area contributed by atoms with Crippen molar-refractivity contribution in [2.75, 3.05) is 0 Å². The molecule has 0 amide bonds. The van der Waals surface area contributed by atoms with E-state index in [0.29, 0.717) is 6.47 Å². The van der Waals surface area contributed by atoms with Crippen LogP contribution in [0.5, 0.6) is 0 Å². The van der Waals surface area contributed by atoms with Crippen molar-refractivity contribution in [3.05, 3.63) is 0 Å².